The molecule has 1 heterocycles. The van der Waals surface area contributed by atoms with Crippen molar-refractivity contribution in [1.82, 2.24) is 10.3 Å². The van der Waals surface area contributed by atoms with E-state index in [2.05, 4.69) is 26.3 Å². The lowest BCUT2D eigenvalue weighted by molar-refractivity contribution is -0.138. The lowest BCUT2D eigenvalue weighted by atomic mass is 10.1. The van der Waals surface area contributed by atoms with Crippen molar-refractivity contribution < 1.29 is 33.8 Å². The number of aryl methyl sites for hydroxylation is 1. The topological polar surface area (TPSA) is 168 Å². The first kappa shape index (κ1) is 30.7. The van der Waals surface area contributed by atoms with Gasteiger partial charge < -0.3 is 35.8 Å². The number of aliphatic carboxylic acids is 1. The van der Waals surface area contributed by atoms with Gasteiger partial charge in [-0.25, -0.2) is 4.79 Å². The van der Waals surface area contributed by atoms with Crippen LogP contribution in [0.4, 0.5) is 21.9 Å². The molecule has 0 fully saturated rings. The standard InChI is InChI=1S/C29H33N5O7/c1-19-5-3-4-6-23(19)34-29(39)32-21-9-7-20(8-10-21)15-26(35)31-22-11-12-24(30-17-22)25(16-28(37)38)33-27(36)18-41-14-13-40-2/h3-12,17,25H,13-16,18H2,1-2H3,(H,31,35)(H,33,36)(H,37,38)(H2,32,34,39). The number of carbonyl (C=O) groups excluding carboxylic acids is 3. The Balaban J connectivity index is 1.50. The Labute approximate surface area is 237 Å². The van der Waals surface area contributed by atoms with E-state index in [0.29, 0.717) is 29.4 Å². The van der Waals surface area contributed by atoms with Gasteiger partial charge in [-0.05, 0) is 48.4 Å². The Kier molecular flexibility index (Phi) is 11.8. The number of methoxy groups -OCH3 is 1. The van der Waals surface area contributed by atoms with Crippen LogP contribution in [0.1, 0.15) is 29.3 Å². The minimum Gasteiger partial charge on any atom is -0.481 e. The fourth-order valence-corrected chi connectivity index (χ4v) is 3.73. The number of nitrogens with one attached hydrogen (secondary N) is 4. The van der Waals surface area contributed by atoms with E-state index in [1.54, 1.807) is 30.3 Å². The molecule has 3 aromatic rings. The maximum Gasteiger partial charge on any atom is 0.323 e. The summed E-state index contributed by atoms with van der Waals surface area (Å²) in [6.07, 6.45) is 1.10. The van der Waals surface area contributed by atoms with Gasteiger partial charge in [0.1, 0.15) is 6.61 Å². The summed E-state index contributed by atoms with van der Waals surface area (Å²) in [6.45, 7) is 2.22. The lowest BCUT2D eigenvalue weighted by Crippen LogP contribution is -2.33. The van der Waals surface area contributed by atoms with Crippen molar-refractivity contribution in [1.29, 1.82) is 0 Å². The largest absolute Gasteiger partial charge is 0.481 e. The molecule has 0 saturated heterocycles. The second-order valence-electron chi connectivity index (χ2n) is 9.05. The van der Waals surface area contributed by atoms with Crippen molar-refractivity contribution in [2.45, 2.75) is 25.8 Å². The Bertz CT molecular complexity index is 1330. The molecule has 1 aromatic heterocycles. The van der Waals surface area contributed by atoms with Crippen LogP contribution in [0.15, 0.2) is 66.9 Å². The van der Waals surface area contributed by atoms with Gasteiger partial charge in [-0.2, -0.15) is 0 Å². The molecule has 2 aromatic carbocycles. The highest BCUT2D eigenvalue weighted by Gasteiger charge is 2.20. The molecule has 0 aliphatic rings. The molecule has 0 radical (unpaired) electrons. The van der Waals surface area contributed by atoms with Gasteiger partial charge in [-0.3, -0.25) is 19.4 Å². The number of amides is 4. The number of carbonyl (C=O) groups is 4. The SMILES string of the molecule is COCCOCC(=O)NC(CC(=O)O)c1ccc(NC(=O)Cc2ccc(NC(=O)Nc3ccccc3C)cc2)cn1. The molecule has 1 atom stereocenters. The van der Waals surface area contributed by atoms with Crippen molar-refractivity contribution in [2.24, 2.45) is 0 Å². The molecular weight excluding hydrogens is 530 g/mol. The predicted octanol–water partition coefficient (Wildman–Crippen LogP) is 3.51. The molecule has 12 heteroatoms. The van der Waals surface area contributed by atoms with Crippen LogP contribution in [-0.2, 0) is 30.3 Å². The zero-order chi connectivity index (χ0) is 29.6. The van der Waals surface area contributed by atoms with Gasteiger partial charge in [-0.15, -0.1) is 0 Å². The lowest BCUT2D eigenvalue weighted by Gasteiger charge is -2.17. The third-order valence-electron chi connectivity index (χ3n) is 5.78. The molecule has 3 rings (SSSR count). The number of ether oxygens (including phenoxy) is 2. The average molecular weight is 564 g/mol. The number of rotatable bonds is 14. The molecule has 0 bridgehead atoms. The number of urea groups is 1. The number of para-hydroxylation sites is 1. The van der Waals surface area contributed by atoms with Crippen LogP contribution in [0.25, 0.3) is 0 Å². The number of anilines is 3. The Morgan fingerprint density at radius 3 is 2.27 bits per heavy atom. The zero-order valence-corrected chi connectivity index (χ0v) is 22.8. The Morgan fingerprint density at radius 1 is 0.878 bits per heavy atom. The summed E-state index contributed by atoms with van der Waals surface area (Å²) in [7, 11) is 1.51. The first-order valence-corrected chi connectivity index (χ1v) is 12.8. The quantitative estimate of drug-likeness (QED) is 0.186. The van der Waals surface area contributed by atoms with Gasteiger partial charge in [0, 0.05) is 18.5 Å². The number of carboxylic acids is 1. The number of hydrogen-bond donors (Lipinski definition) is 5. The smallest absolute Gasteiger partial charge is 0.323 e. The molecule has 0 spiro atoms. The Morgan fingerprint density at radius 2 is 1.61 bits per heavy atom. The summed E-state index contributed by atoms with van der Waals surface area (Å²) in [5, 5.41) is 20.1. The van der Waals surface area contributed by atoms with E-state index >= 15 is 0 Å². The number of nitrogens with zero attached hydrogens (tertiary/aromatic N) is 1. The minimum atomic E-state index is -1.11. The molecule has 12 nitrogen and oxygen atoms in total. The van der Waals surface area contributed by atoms with Crippen LogP contribution >= 0.6 is 0 Å². The van der Waals surface area contributed by atoms with Crippen LogP contribution in [0.5, 0.6) is 0 Å². The van der Waals surface area contributed by atoms with Crippen molar-refractivity contribution in [3.05, 3.63) is 83.7 Å². The maximum atomic E-state index is 12.6. The van der Waals surface area contributed by atoms with Gasteiger partial charge >= 0.3 is 12.0 Å². The zero-order valence-electron chi connectivity index (χ0n) is 22.8. The third-order valence-corrected chi connectivity index (χ3v) is 5.78. The summed E-state index contributed by atoms with van der Waals surface area (Å²) < 4.78 is 10.0. The third kappa shape index (κ3) is 10.7. The van der Waals surface area contributed by atoms with E-state index in [1.165, 1.54) is 19.4 Å². The monoisotopic (exact) mass is 563 g/mol. The van der Waals surface area contributed by atoms with Crippen molar-refractivity contribution in [2.75, 3.05) is 42.9 Å². The number of aromatic nitrogens is 1. The van der Waals surface area contributed by atoms with Crippen molar-refractivity contribution in [3.8, 4) is 0 Å². The van der Waals surface area contributed by atoms with E-state index in [-0.39, 0.29) is 38.0 Å². The summed E-state index contributed by atoms with van der Waals surface area (Å²) in [6, 6.07) is 16.2. The van der Waals surface area contributed by atoms with E-state index < -0.39 is 17.9 Å². The highest BCUT2D eigenvalue weighted by atomic mass is 16.5. The summed E-state index contributed by atoms with van der Waals surface area (Å²) in [4.78, 5) is 52.5. The molecule has 0 aliphatic carbocycles. The fourth-order valence-electron chi connectivity index (χ4n) is 3.73. The predicted molar refractivity (Wildman–Crippen MR) is 153 cm³/mol. The van der Waals surface area contributed by atoms with E-state index in [0.717, 1.165) is 11.1 Å². The highest BCUT2D eigenvalue weighted by Crippen LogP contribution is 2.18. The molecular formula is C29H33N5O7. The molecule has 0 saturated carbocycles. The number of benzene rings is 2. The number of carboxylic acid groups (broad SMARTS) is 1. The Hall–Kier alpha value is -4.81. The highest BCUT2D eigenvalue weighted by molar-refractivity contribution is 6.00. The van der Waals surface area contributed by atoms with Gasteiger partial charge in [-0.1, -0.05) is 30.3 Å². The number of pyridine rings is 1. The second-order valence-corrected chi connectivity index (χ2v) is 9.05. The fraction of sp³-hybridized carbons (Fsp3) is 0.276. The van der Waals surface area contributed by atoms with Crippen LogP contribution in [0.3, 0.4) is 0 Å². The normalized spacial score (nSPS) is 11.3. The summed E-state index contributed by atoms with van der Waals surface area (Å²) >= 11 is 0. The first-order valence-electron chi connectivity index (χ1n) is 12.8. The van der Waals surface area contributed by atoms with Gasteiger partial charge in [0.25, 0.3) is 0 Å². The molecule has 5 N–H and O–H groups in total. The minimum absolute atomic E-state index is 0.0816. The van der Waals surface area contributed by atoms with Crippen molar-refractivity contribution >= 4 is 40.9 Å². The van der Waals surface area contributed by atoms with Crippen LogP contribution in [0.2, 0.25) is 0 Å². The van der Waals surface area contributed by atoms with E-state index in [1.807, 2.05) is 31.2 Å². The van der Waals surface area contributed by atoms with Crippen LogP contribution < -0.4 is 21.3 Å². The van der Waals surface area contributed by atoms with E-state index in [9.17, 15) is 24.3 Å². The van der Waals surface area contributed by atoms with Crippen molar-refractivity contribution in [3.63, 3.8) is 0 Å². The molecule has 41 heavy (non-hydrogen) atoms. The summed E-state index contributed by atoms with van der Waals surface area (Å²) in [5.41, 5.74) is 3.70. The number of hydrogen-bond acceptors (Lipinski definition) is 7. The summed E-state index contributed by atoms with van der Waals surface area (Å²) in [5.74, 6) is -1.89. The maximum absolute atomic E-state index is 12.6. The van der Waals surface area contributed by atoms with Gasteiger partial charge in [0.15, 0.2) is 0 Å². The van der Waals surface area contributed by atoms with Crippen LogP contribution in [0, 0.1) is 6.92 Å². The van der Waals surface area contributed by atoms with Gasteiger partial charge in [0.05, 0.1) is 49.7 Å². The van der Waals surface area contributed by atoms with E-state index in [4.69, 9.17) is 9.47 Å². The van der Waals surface area contributed by atoms with Crippen LogP contribution in [-0.4, -0.2) is 60.8 Å². The first-order chi connectivity index (χ1) is 19.7. The second kappa shape index (κ2) is 15.7. The molecule has 0 aliphatic heterocycles. The van der Waals surface area contributed by atoms with Gasteiger partial charge in [0.2, 0.25) is 11.8 Å². The average Bonchev–Trinajstić information content (AvgIpc) is 2.93. The molecule has 1 unspecified atom stereocenters. The molecule has 216 valence electrons. The molecule has 4 amide bonds.